The lowest BCUT2D eigenvalue weighted by molar-refractivity contribution is 0.276. The molecule has 15 heavy (non-hydrogen) atoms. The number of aromatic nitrogens is 2. The van der Waals surface area contributed by atoms with Crippen molar-refractivity contribution in [2.24, 2.45) is 0 Å². The fourth-order valence-corrected chi connectivity index (χ4v) is 1.47. The monoisotopic (exact) mass is 200 g/mol. The van der Waals surface area contributed by atoms with Crippen LogP contribution < -0.4 is 0 Å². The summed E-state index contributed by atoms with van der Waals surface area (Å²) in [5, 5.41) is 9.04. The Labute approximate surface area is 88.5 Å². The molecule has 0 aliphatic carbocycles. The van der Waals surface area contributed by atoms with Gasteiger partial charge in [0.1, 0.15) is 5.82 Å². The molecule has 2 aromatic rings. The summed E-state index contributed by atoms with van der Waals surface area (Å²) in [4.78, 5) is 8.45. The molecule has 0 unspecified atom stereocenters. The van der Waals surface area contributed by atoms with Crippen LogP contribution in [0.15, 0.2) is 36.4 Å². The number of rotatable bonds is 2. The van der Waals surface area contributed by atoms with Gasteiger partial charge in [0.25, 0.3) is 0 Å². The highest BCUT2D eigenvalue weighted by Crippen LogP contribution is 2.17. The van der Waals surface area contributed by atoms with Crippen molar-refractivity contribution in [3.8, 4) is 11.3 Å². The highest BCUT2D eigenvalue weighted by atomic mass is 16.3. The van der Waals surface area contributed by atoms with Gasteiger partial charge in [-0.1, -0.05) is 30.3 Å². The third-order valence-electron chi connectivity index (χ3n) is 2.12. The van der Waals surface area contributed by atoms with Crippen molar-refractivity contribution in [1.29, 1.82) is 0 Å². The first-order chi connectivity index (χ1) is 7.29. The van der Waals surface area contributed by atoms with E-state index in [1.807, 2.05) is 43.3 Å². The van der Waals surface area contributed by atoms with Gasteiger partial charge in [-0.05, 0) is 13.0 Å². The predicted octanol–water partition coefficient (Wildman–Crippen LogP) is 1.94. The van der Waals surface area contributed by atoms with Gasteiger partial charge in [-0.25, -0.2) is 9.97 Å². The number of nitrogens with zero attached hydrogens (tertiary/aromatic N) is 2. The van der Waals surface area contributed by atoms with Crippen molar-refractivity contribution in [2.75, 3.05) is 0 Å². The van der Waals surface area contributed by atoms with E-state index in [2.05, 4.69) is 9.97 Å². The Kier molecular flexibility index (Phi) is 2.74. The lowest BCUT2D eigenvalue weighted by Gasteiger charge is -2.03. The van der Waals surface area contributed by atoms with Crippen molar-refractivity contribution in [2.45, 2.75) is 13.5 Å². The second-order valence-electron chi connectivity index (χ2n) is 3.32. The Morgan fingerprint density at radius 2 is 1.87 bits per heavy atom. The van der Waals surface area contributed by atoms with Gasteiger partial charge in [0.05, 0.1) is 18.0 Å². The molecule has 1 aromatic heterocycles. The largest absolute Gasteiger partial charge is 0.390 e. The number of hydrogen-bond acceptors (Lipinski definition) is 3. The molecule has 1 N–H and O–H groups in total. The molecule has 2 rings (SSSR count). The zero-order chi connectivity index (χ0) is 10.7. The Bertz CT molecular complexity index is 454. The summed E-state index contributed by atoms with van der Waals surface area (Å²) in [6.45, 7) is 1.77. The Morgan fingerprint density at radius 1 is 1.13 bits per heavy atom. The zero-order valence-electron chi connectivity index (χ0n) is 8.51. The van der Waals surface area contributed by atoms with Gasteiger partial charge in [-0.2, -0.15) is 0 Å². The van der Waals surface area contributed by atoms with Crippen LogP contribution >= 0.6 is 0 Å². The third-order valence-corrected chi connectivity index (χ3v) is 2.12. The SMILES string of the molecule is Cc1nc(CO)cc(-c2ccccc2)n1. The summed E-state index contributed by atoms with van der Waals surface area (Å²) >= 11 is 0. The van der Waals surface area contributed by atoms with Crippen LogP contribution in [0.5, 0.6) is 0 Å². The summed E-state index contributed by atoms with van der Waals surface area (Å²) in [6.07, 6.45) is 0. The first-order valence-electron chi connectivity index (χ1n) is 4.80. The summed E-state index contributed by atoms with van der Waals surface area (Å²) in [6, 6.07) is 11.7. The second-order valence-corrected chi connectivity index (χ2v) is 3.32. The first kappa shape index (κ1) is 9.80. The molecule has 0 saturated carbocycles. The fraction of sp³-hybridized carbons (Fsp3) is 0.167. The van der Waals surface area contributed by atoms with E-state index in [1.165, 1.54) is 0 Å². The van der Waals surface area contributed by atoms with Crippen LogP contribution in [0.1, 0.15) is 11.5 Å². The van der Waals surface area contributed by atoms with Gasteiger partial charge in [0.15, 0.2) is 0 Å². The van der Waals surface area contributed by atoms with Gasteiger partial charge in [0.2, 0.25) is 0 Å². The van der Waals surface area contributed by atoms with Crippen molar-refractivity contribution in [3.05, 3.63) is 47.9 Å². The minimum absolute atomic E-state index is 0.0524. The van der Waals surface area contributed by atoms with E-state index >= 15 is 0 Å². The second kappa shape index (κ2) is 4.19. The van der Waals surface area contributed by atoms with Gasteiger partial charge >= 0.3 is 0 Å². The lowest BCUT2D eigenvalue weighted by Crippen LogP contribution is -1.97. The average molecular weight is 200 g/mol. The maximum atomic E-state index is 9.04. The maximum Gasteiger partial charge on any atom is 0.126 e. The number of aliphatic hydroxyl groups is 1. The quantitative estimate of drug-likeness (QED) is 0.805. The van der Waals surface area contributed by atoms with Crippen molar-refractivity contribution in [3.63, 3.8) is 0 Å². The minimum Gasteiger partial charge on any atom is -0.390 e. The van der Waals surface area contributed by atoms with Crippen LogP contribution in [0.25, 0.3) is 11.3 Å². The smallest absolute Gasteiger partial charge is 0.126 e. The Hall–Kier alpha value is -1.74. The minimum atomic E-state index is -0.0524. The lowest BCUT2D eigenvalue weighted by atomic mass is 10.1. The van der Waals surface area contributed by atoms with Crippen molar-refractivity contribution in [1.82, 2.24) is 9.97 Å². The van der Waals surface area contributed by atoms with Gasteiger partial charge < -0.3 is 5.11 Å². The van der Waals surface area contributed by atoms with Crippen molar-refractivity contribution < 1.29 is 5.11 Å². The molecule has 0 bridgehead atoms. The highest BCUT2D eigenvalue weighted by molar-refractivity contribution is 5.58. The van der Waals surface area contributed by atoms with Crippen LogP contribution in [0.4, 0.5) is 0 Å². The summed E-state index contributed by atoms with van der Waals surface area (Å²) in [5.74, 6) is 0.681. The van der Waals surface area contributed by atoms with Crippen LogP contribution in [-0.4, -0.2) is 15.1 Å². The number of aliphatic hydroxyl groups excluding tert-OH is 1. The summed E-state index contributed by atoms with van der Waals surface area (Å²) < 4.78 is 0. The Morgan fingerprint density at radius 3 is 2.53 bits per heavy atom. The molecule has 0 aliphatic rings. The summed E-state index contributed by atoms with van der Waals surface area (Å²) in [7, 11) is 0. The van der Waals surface area contributed by atoms with E-state index < -0.39 is 0 Å². The van der Waals surface area contributed by atoms with E-state index in [4.69, 9.17) is 5.11 Å². The van der Waals surface area contributed by atoms with Crippen LogP contribution in [0, 0.1) is 6.92 Å². The molecule has 76 valence electrons. The van der Waals surface area contributed by atoms with E-state index in [9.17, 15) is 0 Å². The molecule has 0 fully saturated rings. The molecule has 0 spiro atoms. The molecule has 1 heterocycles. The van der Waals surface area contributed by atoms with E-state index in [1.54, 1.807) is 0 Å². The Balaban J connectivity index is 2.49. The third kappa shape index (κ3) is 2.19. The van der Waals surface area contributed by atoms with Crippen molar-refractivity contribution >= 4 is 0 Å². The molecule has 0 amide bonds. The van der Waals surface area contributed by atoms with Gasteiger partial charge in [-0.3, -0.25) is 0 Å². The van der Waals surface area contributed by atoms with E-state index in [0.29, 0.717) is 11.5 Å². The zero-order valence-corrected chi connectivity index (χ0v) is 8.51. The van der Waals surface area contributed by atoms with E-state index in [0.717, 1.165) is 11.3 Å². The van der Waals surface area contributed by atoms with Crippen LogP contribution in [-0.2, 0) is 6.61 Å². The van der Waals surface area contributed by atoms with Crippen LogP contribution in [0.2, 0.25) is 0 Å². The predicted molar refractivity (Wildman–Crippen MR) is 58.1 cm³/mol. The number of aryl methyl sites for hydroxylation is 1. The molecule has 3 nitrogen and oxygen atoms in total. The average Bonchev–Trinajstić information content (AvgIpc) is 2.29. The molecule has 0 aliphatic heterocycles. The molecule has 1 aromatic carbocycles. The molecular formula is C12H12N2O. The first-order valence-corrected chi connectivity index (χ1v) is 4.80. The summed E-state index contributed by atoms with van der Waals surface area (Å²) in [5.41, 5.74) is 2.55. The topological polar surface area (TPSA) is 46.0 Å². The standard InChI is InChI=1S/C12H12N2O/c1-9-13-11(8-15)7-12(14-9)10-5-3-2-4-6-10/h2-7,15H,8H2,1H3. The number of benzene rings is 1. The molecule has 0 saturated heterocycles. The van der Waals surface area contributed by atoms with E-state index in [-0.39, 0.29) is 6.61 Å². The molecular weight excluding hydrogens is 188 g/mol. The normalized spacial score (nSPS) is 10.3. The van der Waals surface area contributed by atoms with Crippen LogP contribution in [0.3, 0.4) is 0 Å². The van der Waals surface area contributed by atoms with Gasteiger partial charge in [-0.15, -0.1) is 0 Å². The molecule has 3 heteroatoms. The molecule has 0 atom stereocenters. The van der Waals surface area contributed by atoms with Gasteiger partial charge in [0, 0.05) is 5.56 Å². The maximum absolute atomic E-state index is 9.04. The highest BCUT2D eigenvalue weighted by Gasteiger charge is 2.02. The number of hydrogen-bond donors (Lipinski definition) is 1. The fourth-order valence-electron chi connectivity index (χ4n) is 1.47. The molecule has 0 radical (unpaired) electrons.